The summed E-state index contributed by atoms with van der Waals surface area (Å²) in [6.45, 7) is 6.35. The molecule has 6 nitrogen and oxygen atoms in total. The zero-order valence-electron chi connectivity index (χ0n) is 36.1. The zero-order valence-corrected chi connectivity index (χ0v) is 36.1. The van der Waals surface area contributed by atoms with Crippen LogP contribution in [0.15, 0.2) is 85.1 Å². The Balaban J connectivity index is 4.51. The predicted octanol–water partition coefficient (Wildman–Crippen LogP) is 14.5. The molecule has 0 amide bonds. The first-order valence-corrected chi connectivity index (χ1v) is 22.7. The van der Waals surface area contributed by atoms with Gasteiger partial charge in [0.05, 0.1) is 0 Å². The van der Waals surface area contributed by atoms with Crippen molar-refractivity contribution in [3.05, 3.63) is 85.1 Å². The van der Waals surface area contributed by atoms with Gasteiger partial charge in [0.1, 0.15) is 13.2 Å². The van der Waals surface area contributed by atoms with Gasteiger partial charge in [-0.2, -0.15) is 0 Å². The number of unbranched alkanes of at least 4 members (excludes halogenated alkanes) is 18. The van der Waals surface area contributed by atoms with Crippen LogP contribution in [-0.2, 0) is 28.6 Å². The van der Waals surface area contributed by atoms with E-state index < -0.39 is 6.10 Å². The number of esters is 3. The number of allylic oxidation sites excluding steroid dienone is 14. The number of carbonyl (C=O) groups excluding carboxylic acids is 3. The highest BCUT2D eigenvalue weighted by Crippen LogP contribution is 2.12. The highest BCUT2D eigenvalue weighted by molar-refractivity contribution is 5.71. The van der Waals surface area contributed by atoms with Gasteiger partial charge in [-0.3, -0.25) is 14.4 Å². The molecule has 0 aliphatic rings. The van der Waals surface area contributed by atoms with Crippen LogP contribution in [0.5, 0.6) is 0 Å². The van der Waals surface area contributed by atoms with Crippen molar-refractivity contribution in [2.24, 2.45) is 0 Å². The van der Waals surface area contributed by atoms with Crippen LogP contribution in [-0.4, -0.2) is 37.2 Å². The molecule has 1 atom stereocenters. The molecule has 0 radical (unpaired) electrons. The van der Waals surface area contributed by atoms with Gasteiger partial charge in [-0.15, -0.1) is 0 Å². The van der Waals surface area contributed by atoms with Gasteiger partial charge in [-0.1, -0.05) is 176 Å². The van der Waals surface area contributed by atoms with E-state index in [2.05, 4.69) is 57.2 Å². The van der Waals surface area contributed by atoms with Crippen LogP contribution in [0.4, 0.5) is 0 Å². The molecule has 0 bridgehead atoms. The van der Waals surface area contributed by atoms with E-state index in [1.165, 1.54) is 51.4 Å². The van der Waals surface area contributed by atoms with E-state index in [0.29, 0.717) is 19.3 Å². The third-order valence-corrected chi connectivity index (χ3v) is 9.23. The maximum Gasteiger partial charge on any atom is 0.306 e. The van der Waals surface area contributed by atoms with E-state index in [0.717, 1.165) is 103 Å². The molecule has 0 heterocycles. The van der Waals surface area contributed by atoms with Gasteiger partial charge in [0, 0.05) is 19.3 Å². The Morgan fingerprint density at radius 1 is 0.375 bits per heavy atom. The lowest BCUT2D eigenvalue weighted by molar-refractivity contribution is -0.167. The smallest absolute Gasteiger partial charge is 0.306 e. The molecule has 1 unspecified atom stereocenters. The second-order valence-electron chi connectivity index (χ2n) is 14.7. The second kappa shape index (κ2) is 44.3. The van der Waals surface area contributed by atoms with Crippen LogP contribution in [0.1, 0.15) is 194 Å². The molecular weight excluding hydrogens is 697 g/mol. The predicted molar refractivity (Wildman–Crippen MR) is 237 cm³/mol. The van der Waals surface area contributed by atoms with Crippen LogP contribution < -0.4 is 0 Å². The summed E-state index contributed by atoms with van der Waals surface area (Å²) in [6, 6.07) is 0. The summed E-state index contributed by atoms with van der Waals surface area (Å²) >= 11 is 0. The number of rotatable bonds is 39. The van der Waals surface area contributed by atoms with Crippen molar-refractivity contribution in [1.82, 2.24) is 0 Å². The molecule has 318 valence electrons. The fourth-order valence-corrected chi connectivity index (χ4v) is 5.79. The molecule has 0 saturated carbocycles. The normalized spacial score (nSPS) is 12.8. The van der Waals surface area contributed by atoms with Crippen molar-refractivity contribution in [3.8, 4) is 0 Å². The molecule has 0 aromatic rings. The minimum absolute atomic E-state index is 0.104. The second-order valence-corrected chi connectivity index (χ2v) is 14.7. The Morgan fingerprint density at radius 3 is 1.21 bits per heavy atom. The maximum atomic E-state index is 12.7. The van der Waals surface area contributed by atoms with E-state index in [-0.39, 0.29) is 31.1 Å². The molecule has 0 fully saturated rings. The van der Waals surface area contributed by atoms with E-state index in [9.17, 15) is 14.4 Å². The van der Waals surface area contributed by atoms with Gasteiger partial charge in [-0.05, 0) is 83.5 Å². The highest BCUT2D eigenvalue weighted by Gasteiger charge is 2.19. The molecule has 0 aliphatic heterocycles. The maximum absolute atomic E-state index is 12.7. The van der Waals surface area contributed by atoms with Crippen molar-refractivity contribution >= 4 is 17.9 Å². The molecule has 0 aromatic heterocycles. The number of hydrogen-bond donors (Lipinski definition) is 0. The number of carbonyl (C=O) groups is 3. The number of ether oxygens (including phenoxy) is 3. The highest BCUT2D eigenvalue weighted by atomic mass is 16.6. The standard InChI is InChI=1S/C50H82O6/c1-4-7-10-13-16-19-22-24-25-27-28-31-34-37-40-43-49(52)55-46-47(45-54-48(51)42-39-36-33-30-21-18-15-12-9-6-3)56-50(53)44-41-38-35-32-29-26-23-20-17-14-11-8-5-2/h7,10,13,15-16,18-19,22,24-29,47H,4-6,8-9,11-12,14,17,20-21,23,30-46H2,1-3H3/b10-7-,16-13-,18-15-,22-19-,25-24-,28-27-,29-26-. The first-order valence-electron chi connectivity index (χ1n) is 22.7. The lowest BCUT2D eigenvalue weighted by Gasteiger charge is -2.18. The van der Waals surface area contributed by atoms with Crippen molar-refractivity contribution in [1.29, 1.82) is 0 Å². The zero-order chi connectivity index (χ0) is 40.8. The van der Waals surface area contributed by atoms with Crippen molar-refractivity contribution in [2.75, 3.05) is 13.2 Å². The molecule has 0 spiro atoms. The quantitative estimate of drug-likeness (QED) is 0.0203. The Hall–Kier alpha value is -3.41. The Labute approximate surface area is 344 Å². The van der Waals surface area contributed by atoms with Gasteiger partial charge in [0.15, 0.2) is 6.10 Å². The fraction of sp³-hybridized carbons (Fsp3) is 0.660. The van der Waals surface area contributed by atoms with E-state index in [1.54, 1.807) is 0 Å². The van der Waals surface area contributed by atoms with Gasteiger partial charge >= 0.3 is 17.9 Å². The summed E-state index contributed by atoms with van der Waals surface area (Å²) in [5.74, 6) is -0.985. The summed E-state index contributed by atoms with van der Waals surface area (Å²) in [5, 5.41) is 0. The van der Waals surface area contributed by atoms with Gasteiger partial charge in [0.25, 0.3) is 0 Å². The Morgan fingerprint density at radius 2 is 0.732 bits per heavy atom. The van der Waals surface area contributed by atoms with Gasteiger partial charge in [-0.25, -0.2) is 0 Å². The van der Waals surface area contributed by atoms with E-state index in [4.69, 9.17) is 14.2 Å². The molecule has 0 saturated heterocycles. The lowest BCUT2D eigenvalue weighted by atomic mass is 10.1. The third-order valence-electron chi connectivity index (χ3n) is 9.23. The van der Waals surface area contributed by atoms with Crippen LogP contribution >= 0.6 is 0 Å². The monoisotopic (exact) mass is 779 g/mol. The molecule has 56 heavy (non-hydrogen) atoms. The minimum Gasteiger partial charge on any atom is -0.462 e. The van der Waals surface area contributed by atoms with E-state index >= 15 is 0 Å². The topological polar surface area (TPSA) is 78.9 Å². The first kappa shape index (κ1) is 52.6. The molecule has 0 rings (SSSR count). The number of hydrogen-bond acceptors (Lipinski definition) is 6. The van der Waals surface area contributed by atoms with Crippen LogP contribution in [0.25, 0.3) is 0 Å². The largest absolute Gasteiger partial charge is 0.462 e. The third kappa shape index (κ3) is 41.7. The molecular formula is C50H82O6. The fourth-order valence-electron chi connectivity index (χ4n) is 5.79. The van der Waals surface area contributed by atoms with Crippen LogP contribution in [0.2, 0.25) is 0 Å². The first-order chi connectivity index (χ1) is 27.5. The average molecular weight is 779 g/mol. The summed E-state index contributed by atoms with van der Waals surface area (Å²) in [4.78, 5) is 37.7. The molecule has 0 aromatic carbocycles. The van der Waals surface area contributed by atoms with Crippen molar-refractivity contribution in [2.45, 2.75) is 200 Å². The lowest BCUT2D eigenvalue weighted by Crippen LogP contribution is -2.30. The summed E-state index contributed by atoms with van der Waals surface area (Å²) < 4.78 is 16.6. The van der Waals surface area contributed by atoms with Gasteiger partial charge < -0.3 is 14.2 Å². The summed E-state index contributed by atoms with van der Waals surface area (Å²) in [5.41, 5.74) is 0. The molecule has 0 aliphatic carbocycles. The van der Waals surface area contributed by atoms with E-state index in [1.807, 2.05) is 48.6 Å². The summed E-state index contributed by atoms with van der Waals surface area (Å²) in [7, 11) is 0. The summed E-state index contributed by atoms with van der Waals surface area (Å²) in [6.07, 6.45) is 55.6. The van der Waals surface area contributed by atoms with Crippen LogP contribution in [0.3, 0.4) is 0 Å². The van der Waals surface area contributed by atoms with Crippen molar-refractivity contribution < 1.29 is 28.6 Å². The SMILES string of the molecule is CC\C=C/C=C\C=C/C=C\C=C/CCCCCC(=O)OCC(COC(=O)CCCCCC/C=C\CCCC)OC(=O)CCCCC/C=C\CCCCCCCC. The average Bonchev–Trinajstić information content (AvgIpc) is 3.19. The Bertz CT molecular complexity index is 1120. The van der Waals surface area contributed by atoms with Crippen molar-refractivity contribution in [3.63, 3.8) is 0 Å². The van der Waals surface area contributed by atoms with Gasteiger partial charge in [0.2, 0.25) is 0 Å². The molecule has 6 heteroatoms. The minimum atomic E-state index is -0.804. The molecule has 0 N–H and O–H groups in total. The van der Waals surface area contributed by atoms with Crippen LogP contribution in [0, 0.1) is 0 Å². The Kier molecular flexibility index (Phi) is 41.6.